The van der Waals surface area contributed by atoms with Crippen LogP contribution >= 0.6 is 11.3 Å². The number of alkyl halides is 1. The Hall–Kier alpha value is -3.89. The maximum Gasteiger partial charge on any atom is 0.277 e. The third-order valence-corrected chi connectivity index (χ3v) is 5.31. The number of nitrogens with one attached hydrogen (secondary N) is 2. The van der Waals surface area contributed by atoms with E-state index in [4.69, 9.17) is 0 Å². The Morgan fingerprint density at radius 2 is 2.12 bits per heavy atom. The van der Waals surface area contributed by atoms with Crippen LogP contribution < -0.4 is 30.3 Å². The lowest BCUT2D eigenvalue weighted by Gasteiger charge is -2.15. The largest absolute Gasteiger partial charge is 0.355 e. The Labute approximate surface area is 187 Å². The van der Waals surface area contributed by atoms with Gasteiger partial charge in [-0.05, 0) is 25.1 Å². The fourth-order valence-corrected chi connectivity index (χ4v) is 3.53. The summed E-state index contributed by atoms with van der Waals surface area (Å²) in [5.74, 6) is -0.860. The molecule has 2 amide bonds. The summed E-state index contributed by atoms with van der Waals surface area (Å²) >= 11 is 1.02. The number of hydrogen-bond donors (Lipinski definition) is 2. The van der Waals surface area contributed by atoms with E-state index in [2.05, 4.69) is 22.1 Å². The van der Waals surface area contributed by atoms with Gasteiger partial charge in [0, 0.05) is 44.6 Å². The molecule has 2 rings (SSSR count). The normalized spacial score (nSPS) is 9.72. The Bertz CT molecular complexity index is 1310. The first-order valence-corrected chi connectivity index (χ1v) is 10.4. The van der Waals surface area contributed by atoms with Crippen LogP contribution in [0.5, 0.6) is 0 Å². The minimum atomic E-state index is -0.758. The number of nitrogens with zero attached hydrogens (tertiary/aromatic N) is 3. The molecular weight excluding hydrogens is 433 g/mol. The van der Waals surface area contributed by atoms with Crippen molar-refractivity contribution in [1.29, 1.82) is 5.26 Å². The molecule has 0 unspecified atom stereocenters. The second-order valence-electron chi connectivity index (χ2n) is 6.40. The molecule has 1 heterocycles. The number of hydrogen-bond acceptors (Lipinski definition) is 6. The number of halogens is 1. The number of amides is 2. The van der Waals surface area contributed by atoms with Crippen LogP contribution in [0.1, 0.15) is 13.8 Å². The summed E-state index contributed by atoms with van der Waals surface area (Å²) in [5, 5.41) is 14.5. The molecule has 32 heavy (non-hydrogen) atoms. The van der Waals surface area contributed by atoms with Crippen molar-refractivity contribution in [2.75, 3.05) is 30.5 Å². The van der Waals surface area contributed by atoms with Crippen LogP contribution in [0.25, 0.3) is 11.5 Å². The minimum Gasteiger partial charge on any atom is -0.355 e. The van der Waals surface area contributed by atoms with Gasteiger partial charge < -0.3 is 15.5 Å². The third kappa shape index (κ3) is 6.06. The maximum atomic E-state index is 12.6. The Balaban J connectivity index is 2.48. The second-order valence-corrected chi connectivity index (χ2v) is 7.40. The number of rotatable bonds is 7. The summed E-state index contributed by atoms with van der Waals surface area (Å²) in [6.45, 7) is 2.55. The minimum absolute atomic E-state index is 0.102. The Morgan fingerprint density at radius 3 is 2.75 bits per heavy atom. The van der Waals surface area contributed by atoms with Gasteiger partial charge in [0.05, 0.1) is 0 Å². The van der Waals surface area contributed by atoms with E-state index in [9.17, 15) is 24.0 Å². The summed E-state index contributed by atoms with van der Waals surface area (Å²) in [5.41, 5.74) is 6.23. The molecule has 0 radical (unpaired) electrons. The summed E-state index contributed by atoms with van der Waals surface area (Å²) < 4.78 is 14.2. The zero-order chi connectivity index (χ0) is 23.7. The Morgan fingerprint density at radius 1 is 1.38 bits per heavy atom. The van der Waals surface area contributed by atoms with E-state index in [0.29, 0.717) is 17.9 Å². The number of benzene rings is 1. The van der Waals surface area contributed by atoms with Gasteiger partial charge in [-0.3, -0.25) is 19.0 Å². The Kier molecular flexibility index (Phi) is 8.75. The zero-order valence-electron chi connectivity index (χ0n) is 17.9. The first kappa shape index (κ1) is 24.4. The van der Waals surface area contributed by atoms with Crippen molar-refractivity contribution in [3.8, 4) is 6.07 Å². The van der Waals surface area contributed by atoms with Crippen LogP contribution in [-0.2, 0) is 16.1 Å². The van der Waals surface area contributed by atoms with E-state index < -0.39 is 12.6 Å². The predicted molar refractivity (Wildman–Crippen MR) is 122 cm³/mol. The van der Waals surface area contributed by atoms with Gasteiger partial charge in [-0.2, -0.15) is 5.26 Å². The van der Waals surface area contributed by atoms with Crippen molar-refractivity contribution in [3.05, 3.63) is 55.6 Å². The predicted octanol–water partition coefficient (Wildman–Crippen LogP) is 0.833. The lowest BCUT2D eigenvalue weighted by molar-refractivity contribution is -0.117. The van der Waals surface area contributed by atoms with Crippen molar-refractivity contribution in [1.82, 2.24) is 9.88 Å². The lowest BCUT2D eigenvalue weighted by atomic mass is 10.2. The molecule has 1 aromatic heterocycles. The topological polar surface area (TPSA) is 107 Å². The molecule has 1 aromatic carbocycles. The average molecular weight is 456 g/mol. The molecule has 0 fully saturated rings. The van der Waals surface area contributed by atoms with E-state index in [0.717, 1.165) is 11.3 Å². The fraction of sp³-hybridized carbons (Fsp3) is 0.273. The SMILES string of the molecule is CCn1c(=C=C(C#N)C(=O)NCCF)sc(=C=CNc2cccc(N(C)C(C)=O)c2)c1=O. The molecule has 166 valence electrons. The summed E-state index contributed by atoms with van der Waals surface area (Å²) in [4.78, 5) is 37.6. The van der Waals surface area contributed by atoms with Gasteiger partial charge in [-0.1, -0.05) is 28.9 Å². The van der Waals surface area contributed by atoms with Crippen molar-refractivity contribution < 1.29 is 14.0 Å². The van der Waals surface area contributed by atoms with Gasteiger partial charge >= 0.3 is 0 Å². The quantitative estimate of drug-likeness (QED) is 0.475. The van der Waals surface area contributed by atoms with Crippen LogP contribution in [0.4, 0.5) is 15.8 Å². The smallest absolute Gasteiger partial charge is 0.277 e. The zero-order valence-corrected chi connectivity index (χ0v) is 18.7. The highest BCUT2D eigenvalue weighted by molar-refractivity contribution is 7.07. The van der Waals surface area contributed by atoms with Gasteiger partial charge in [0.25, 0.3) is 11.5 Å². The lowest BCUT2D eigenvalue weighted by Crippen LogP contribution is -2.30. The number of carbonyl (C=O) groups excluding carboxylic acids is 2. The van der Waals surface area contributed by atoms with Crippen LogP contribution in [0.3, 0.4) is 0 Å². The van der Waals surface area contributed by atoms with Crippen molar-refractivity contribution >= 4 is 46.0 Å². The van der Waals surface area contributed by atoms with Crippen LogP contribution in [-0.4, -0.2) is 36.6 Å². The molecule has 2 aromatic rings. The number of aromatic nitrogens is 1. The van der Waals surface area contributed by atoms with Crippen LogP contribution in [0.15, 0.2) is 40.8 Å². The van der Waals surface area contributed by atoms with E-state index in [-0.39, 0.29) is 32.8 Å². The molecule has 10 heteroatoms. The first-order chi connectivity index (χ1) is 15.3. The standard InChI is InChI=1S/C22H22FN5O3S/c1-4-28-20(12-16(14-24)21(30)26-11-9-23)32-19(22(28)31)8-10-25-17-6-5-7-18(13-17)27(3)15(2)29/h5-7,10,13,25H,4,9,11H2,1-3H3,(H,26,30). The highest BCUT2D eigenvalue weighted by Crippen LogP contribution is 2.18. The molecular formula is C22H22FN5O3S. The summed E-state index contributed by atoms with van der Waals surface area (Å²) in [6.07, 6.45) is 1.47. The fourth-order valence-electron chi connectivity index (χ4n) is 2.54. The van der Waals surface area contributed by atoms with Gasteiger partial charge in [0.1, 0.15) is 21.9 Å². The third-order valence-electron chi connectivity index (χ3n) is 4.30. The van der Waals surface area contributed by atoms with E-state index in [1.165, 1.54) is 22.6 Å². The monoisotopic (exact) mass is 455 g/mol. The maximum absolute atomic E-state index is 12.6. The molecule has 0 saturated carbocycles. The van der Waals surface area contributed by atoms with Crippen molar-refractivity contribution in [3.63, 3.8) is 0 Å². The van der Waals surface area contributed by atoms with E-state index in [1.54, 1.807) is 44.3 Å². The molecule has 0 saturated heterocycles. The first-order valence-electron chi connectivity index (χ1n) is 9.63. The van der Waals surface area contributed by atoms with Gasteiger partial charge in [-0.25, -0.2) is 4.39 Å². The molecule has 0 spiro atoms. The molecule has 0 bridgehead atoms. The van der Waals surface area contributed by atoms with Gasteiger partial charge in [-0.15, -0.1) is 0 Å². The molecule has 2 N–H and O–H groups in total. The second kappa shape index (κ2) is 11.5. The average Bonchev–Trinajstić information content (AvgIpc) is 3.09. The van der Waals surface area contributed by atoms with Gasteiger partial charge in [0.2, 0.25) is 5.91 Å². The molecule has 0 aliphatic heterocycles. The number of nitriles is 1. The van der Waals surface area contributed by atoms with E-state index >= 15 is 0 Å². The molecule has 0 aliphatic carbocycles. The number of thiazole rings is 1. The summed E-state index contributed by atoms with van der Waals surface area (Å²) in [7, 11) is 1.67. The number of anilines is 2. The van der Waals surface area contributed by atoms with Crippen molar-refractivity contribution in [2.45, 2.75) is 20.4 Å². The molecule has 0 aliphatic rings. The molecule has 0 atom stereocenters. The highest BCUT2D eigenvalue weighted by atomic mass is 32.1. The molecule has 8 nitrogen and oxygen atoms in total. The van der Waals surface area contributed by atoms with E-state index in [1.807, 2.05) is 0 Å². The van der Waals surface area contributed by atoms with Gasteiger partial charge in [0.15, 0.2) is 5.57 Å². The van der Waals surface area contributed by atoms with Crippen molar-refractivity contribution in [2.24, 2.45) is 0 Å². The highest BCUT2D eigenvalue weighted by Gasteiger charge is 2.09. The van der Waals surface area contributed by atoms with Crippen LogP contribution in [0.2, 0.25) is 0 Å². The van der Waals surface area contributed by atoms with Crippen LogP contribution in [0, 0.1) is 11.3 Å². The summed E-state index contributed by atoms with van der Waals surface area (Å²) in [6, 6.07) is 8.87. The number of carbonyl (C=O) groups is 2.